The zero-order chi connectivity index (χ0) is 19.9. The van der Waals surface area contributed by atoms with Gasteiger partial charge in [0.1, 0.15) is 5.75 Å². The van der Waals surface area contributed by atoms with E-state index >= 15 is 0 Å². The Bertz CT molecular complexity index is 622. The van der Waals surface area contributed by atoms with E-state index in [-0.39, 0.29) is 0 Å². The molecule has 0 N–H and O–H groups in total. The third kappa shape index (κ3) is 8.90. The summed E-state index contributed by atoms with van der Waals surface area (Å²) in [7, 11) is 0. The van der Waals surface area contributed by atoms with Gasteiger partial charge in [-0.2, -0.15) is 4.98 Å². The maximum Gasteiger partial charge on any atom is 0.257 e. The molecule has 2 rings (SSSR count). The molecule has 2 aromatic rings. The molecule has 0 amide bonds. The molecule has 28 heavy (non-hydrogen) atoms. The molecular formula is C24H38N2O2. The Morgan fingerprint density at radius 2 is 1.36 bits per heavy atom. The fourth-order valence-corrected chi connectivity index (χ4v) is 3.30. The predicted molar refractivity (Wildman–Crippen MR) is 116 cm³/mol. The highest BCUT2D eigenvalue weighted by molar-refractivity contribution is 5.54. The number of hydrogen-bond acceptors (Lipinski definition) is 4. The van der Waals surface area contributed by atoms with E-state index in [2.05, 4.69) is 24.0 Å². The van der Waals surface area contributed by atoms with Gasteiger partial charge in [0, 0.05) is 12.0 Å². The topological polar surface area (TPSA) is 48.2 Å². The van der Waals surface area contributed by atoms with E-state index in [1.165, 1.54) is 64.2 Å². The van der Waals surface area contributed by atoms with E-state index in [1.54, 1.807) is 0 Å². The van der Waals surface area contributed by atoms with Crippen LogP contribution in [0.4, 0.5) is 0 Å². The number of ether oxygens (including phenoxy) is 1. The molecule has 0 aliphatic rings. The van der Waals surface area contributed by atoms with Crippen LogP contribution < -0.4 is 4.74 Å². The smallest absolute Gasteiger partial charge is 0.257 e. The zero-order valence-electron chi connectivity index (χ0n) is 17.9. The normalized spacial score (nSPS) is 11.1. The van der Waals surface area contributed by atoms with E-state index in [1.807, 2.05) is 24.3 Å². The minimum Gasteiger partial charge on any atom is -0.494 e. The third-order valence-electron chi connectivity index (χ3n) is 5.09. The molecule has 1 aromatic heterocycles. The zero-order valence-corrected chi connectivity index (χ0v) is 17.9. The van der Waals surface area contributed by atoms with Crippen molar-refractivity contribution in [1.29, 1.82) is 0 Å². The Morgan fingerprint density at radius 3 is 2.04 bits per heavy atom. The molecule has 0 unspecified atom stereocenters. The average Bonchev–Trinajstić information content (AvgIpc) is 3.19. The highest BCUT2D eigenvalue weighted by atomic mass is 16.5. The maximum absolute atomic E-state index is 5.82. The van der Waals surface area contributed by atoms with Gasteiger partial charge < -0.3 is 9.26 Å². The number of rotatable bonds is 16. The maximum atomic E-state index is 5.82. The molecule has 1 aromatic carbocycles. The summed E-state index contributed by atoms with van der Waals surface area (Å²) in [6, 6.07) is 7.97. The lowest BCUT2D eigenvalue weighted by Gasteiger charge is -2.06. The van der Waals surface area contributed by atoms with E-state index in [0.717, 1.165) is 43.0 Å². The second kappa shape index (κ2) is 14.2. The van der Waals surface area contributed by atoms with Crippen molar-refractivity contribution >= 4 is 0 Å². The first-order valence-corrected chi connectivity index (χ1v) is 11.4. The monoisotopic (exact) mass is 386 g/mol. The van der Waals surface area contributed by atoms with Gasteiger partial charge in [-0.25, -0.2) is 0 Å². The van der Waals surface area contributed by atoms with Crippen LogP contribution in [0.15, 0.2) is 28.8 Å². The number of benzene rings is 1. The van der Waals surface area contributed by atoms with Gasteiger partial charge in [-0.3, -0.25) is 0 Å². The summed E-state index contributed by atoms with van der Waals surface area (Å²) < 4.78 is 11.3. The van der Waals surface area contributed by atoms with E-state index < -0.39 is 0 Å². The molecule has 1 heterocycles. The Kier molecular flexibility index (Phi) is 11.4. The lowest BCUT2D eigenvalue weighted by molar-refractivity contribution is 0.304. The molecule has 0 saturated carbocycles. The summed E-state index contributed by atoms with van der Waals surface area (Å²) in [5.74, 6) is 2.32. The van der Waals surface area contributed by atoms with Crippen LogP contribution in [0.5, 0.6) is 5.75 Å². The minimum absolute atomic E-state index is 0.601. The first-order valence-electron chi connectivity index (χ1n) is 11.4. The van der Waals surface area contributed by atoms with E-state index in [0.29, 0.717) is 5.89 Å². The summed E-state index contributed by atoms with van der Waals surface area (Å²) in [6.45, 7) is 5.27. The predicted octanol–water partition coefficient (Wildman–Crippen LogP) is 7.38. The van der Waals surface area contributed by atoms with Crippen molar-refractivity contribution < 1.29 is 9.26 Å². The second-order valence-corrected chi connectivity index (χ2v) is 7.67. The van der Waals surface area contributed by atoms with Crippen molar-refractivity contribution in [2.75, 3.05) is 6.61 Å². The number of nitrogens with zero attached hydrogens (tertiary/aromatic N) is 2. The molecule has 156 valence electrons. The lowest BCUT2D eigenvalue weighted by atomic mass is 10.1. The molecule has 0 spiro atoms. The molecule has 0 saturated heterocycles. The van der Waals surface area contributed by atoms with Gasteiger partial charge in [0.2, 0.25) is 0 Å². The molecule has 0 radical (unpaired) electrons. The van der Waals surface area contributed by atoms with Crippen LogP contribution in [0.2, 0.25) is 0 Å². The molecule has 0 bridgehead atoms. The summed E-state index contributed by atoms with van der Waals surface area (Å²) in [5, 5.41) is 4.13. The van der Waals surface area contributed by atoms with Crippen LogP contribution >= 0.6 is 0 Å². The Morgan fingerprint density at radius 1 is 0.750 bits per heavy atom. The summed E-state index contributed by atoms with van der Waals surface area (Å²) in [4.78, 5) is 4.54. The summed E-state index contributed by atoms with van der Waals surface area (Å²) in [5.41, 5.74) is 0.952. The van der Waals surface area contributed by atoms with Crippen LogP contribution in [-0.4, -0.2) is 16.7 Å². The molecule has 0 aliphatic carbocycles. The summed E-state index contributed by atoms with van der Waals surface area (Å²) in [6.07, 6.45) is 16.2. The van der Waals surface area contributed by atoms with Gasteiger partial charge in [-0.05, 0) is 37.1 Å². The highest BCUT2D eigenvalue weighted by Crippen LogP contribution is 2.21. The number of aryl methyl sites for hydroxylation is 1. The fourth-order valence-electron chi connectivity index (χ4n) is 3.30. The number of aromatic nitrogens is 2. The van der Waals surface area contributed by atoms with Crippen LogP contribution in [-0.2, 0) is 6.42 Å². The van der Waals surface area contributed by atoms with Gasteiger partial charge in [0.25, 0.3) is 5.89 Å². The van der Waals surface area contributed by atoms with Crippen molar-refractivity contribution in [2.45, 2.75) is 97.3 Å². The van der Waals surface area contributed by atoms with Gasteiger partial charge in [-0.1, -0.05) is 83.2 Å². The minimum atomic E-state index is 0.601. The van der Waals surface area contributed by atoms with Crippen molar-refractivity contribution in [3.63, 3.8) is 0 Å². The Hall–Kier alpha value is -1.84. The molecule has 0 aliphatic heterocycles. The quantitative estimate of drug-likeness (QED) is 0.282. The van der Waals surface area contributed by atoms with E-state index in [9.17, 15) is 0 Å². The van der Waals surface area contributed by atoms with Crippen LogP contribution in [0.25, 0.3) is 11.5 Å². The van der Waals surface area contributed by atoms with Gasteiger partial charge in [0.15, 0.2) is 5.82 Å². The molecule has 0 atom stereocenters. The molecule has 0 fully saturated rings. The molecule has 4 heteroatoms. The SMILES string of the molecule is CCCCCCCCCc1noc(-c2ccc(OCCCCCCC)cc2)n1. The van der Waals surface area contributed by atoms with Crippen LogP contribution in [0.3, 0.4) is 0 Å². The Labute approximate surface area is 171 Å². The Balaban J connectivity index is 1.66. The summed E-state index contributed by atoms with van der Waals surface area (Å²) >= 11 is 0. The molecule has 4 nitrogen and oxygen atoms in total. The van der Waals surface area contributed by atoms with E-state index in [4.69, 9.17) is 9.26 Å². The van der Waals surface area contributed by atoms with Gasteiger partial charge in [-0.15, -0.1) is 0 Å². The van der Waals surface area contributed by atoms with Gasteiger partial charge in [0.05, 0.1) is 6.61 Å². The standard InChI is InChI=1S/C24H38N2O2/c1-3-5-7-9-10-11-13-15-23-25-24(28-26-23)21-16-18-22(19-17-21)27-20-14-12-8-6-4-2/h16-19H,3-15,20H2,1-2H3. The third-order valence-corrected chi connectivity index (χ3v) is 5.09. The van der Waals surface area contributed by atoms with Crippen LogP contribution in [0.1, 0.15) is 96.7 Å². The molecular weight excluding hydrogens is 348 g/mol. The van der Waals surface area contributed by atoms with Crippen molar-refractivity contribution in [3.8, 4) is 17.2 Å². The first kappa shape index (κ1) is 22.4. The fraction of sp³-hybridized carbons (Fsp3) is 0.667. The largest absolute Gasteiger partial charge is 0.494 e. The van der Waals surface area contributed by atoms with Gasteiger partial charge >= 0.3 is 0 Å². The van der Waals surface area contributed by atoms with Crippen LogP contribution in [0, 0.1) is 0 Å². The lowest BCUT2D eigenvalue weighted by Crippen LogP contribution is -1.97. The van der Waals surface area contributed by atoms with Crippen molar-refractivity contribution in [2.24, 2.45) is 0 Å². The van der Waals surface area contributed by atoms with Crippen molar-refractivity contribution in [3.05, 3.63) is 30.1 Å². The number of hydrogen-bond donors (Lipinski definition) is 0. The second-order valence-electron chi connectivity index (χ2n) is 7.67. The average molecular weight is 387 g/mol. The van der Waals surface area contributed by atoms with Crippen molar-refractivity contribution in [1.82, 2.24) is 10.1 Å². The first-order chi connectivity index (χ1) is 13.8. The number of unbranched alkanes of at least 4 members (excludes halogenated alkanes) is 10. The highest BCUT2D eigenvalue weighted by Gasteiger charge is 2.09.